The summed E-state index contributed by atoms with van der Waals surface area (Å²) in [5.41, 5.74) is 0. The first kappa shape index (κ1) is 16.8. The third-order valence-electron chi connectivity index (χ3n) is 3.90. The molecule has 3 atom stereocenters. The average molecular weight is 281 g/mol. The van der Waals surface area contributed by atoms with Gasteiger partial charge in [0.1, 0.15) is 0 Å². The molecule has 1 saturated carbocycles. The van der Waals surface area contributed by atoms with Crippen molar-refractivity contribution in [1.29, 1.82) is 0 Å². The van der Waals surface area contributed by atoms with E-state index in [0.717, 1.165) is 19.3 Å². The van der Waals surface area contributed by atoms with Crippen molar-refractivity contribution in [2.75, 3.05) is 13.7 Å². The van der Waals surface area contributed by atoms with Crippen LogP contribution >= 0.6 is 0 Å². The van der Waals surface area contributed by atoms with Crippen molar-refractivity contribution < 1.29 is 17.9 Å². The molecule has 0 bridgehead atoms. The first-order valence-corrected chi connectivity index (χ1v) is 7.32. The number of halogens is 3. The lowest BCUT2D eigenvalue weighted by Gasteiger charge is -2.36. The van der Waals surface area contributed by atoms with Crippen LogP contribution in [0, 0.1) is 5.92 Å². The number of hydrogen-bond donors (Lipinski definition) is 1. The van der Waals surface area contributed by atoms with Gasteiger partial charge in [0.25, 0.3) is 0 Å². The maximum Gasteiger partial charge on any atom is 0.389 e. The van der Waals surface area contributed by atoms with Gasteiger partial charge in [-0.15, -0.1) is 0 Å². The van der Waals surface area contributed by atoms with Crippen LogP contribution in [0.3, 0.4) is 0 Å². The van der Waals surface area contributed by atoms with Gasteiger partial charge in [0.15, 0.2) is 0 Å². The molecule has 0 aromatic rings. The zero-order chi connectivity index (χ0) is 14.3. The third-order valence-corrected chi connectivity index (χ3v) is 3.90. The molecule has 0 aromatic carbocycles. The molecular formula is C14H26F3NO. The summed E-state index contributed by atoms with van der Waals surface area (Å²) in [5.74, 6) is 0.669. The van der Waals surface area contributed by atoms with Gasteiger partial charge in [-0.05, 0) is 38.6 Å². The van der Waals surface area contributed by atoms with Crippen LogP contribution in [-0.2, 0) is 4.74 Å². The summed E-state index contributed by atoms with van der Waals surface area (Å²) in [5, 5.41) is 3.23. The van der Waals surface area contributed by atoms with E-state index >= 15 is 0 Å². The fourth-order valence-electron chi connectivity index (χ4n) is 2.90. The Labute approximate surface area is 114 Å². The van der Waals surface area contributed by atoms with Crippen molar-refractivity contribution in [2.45, 2.75) is 70.2 Å². The van der Waals surface area contributed by atoms with Crippen molar-refractivity contribution in [3.63, 3.8) is 0 Å². The van der Waals surface area contributed by atoms with Crippen molar-refractivity contribution in [2.24, 2.45) is 5.92 Å². The van der Waals surface area contributed by atoms with Crippen LogP contribution in [0.15, 0.2) is 0 Å². The molecule has 0 radical (unpaired) electrons. The number of ether oxygens (including phenoxy) is 1. The standard InChI is InChI=1S/C14H26F3NO/c1-3-5-11-6-7-12(18-2)13(10-11)19-9-4-8-14(15,16)17/h11-13,18H,3-10H2,1-2H3. The van der Waals surface area contributed by atoms with E-state index in [0.29, 0.717) is 12.0 Å². The molecule has 1 aliphatic carbocycles. The summed E-state index contributed by atoms with van der Waals surface area (Å²) in [7, 11) is 1.90. The highest BCUT2D eigenvalue weighted by atomic mass is 19.4. The smallest absolute Gasteiger partial charge is 0.377 e. The second-order valence-electron chi connectivity index (χ2n) is 5.49. The first-order chi connectivity index (χ1) is 8.96. The van der Waals surface area contributed by atoms with E-state index in [1.165, 1.54) is 12.8 Å². The summed E-state index contributed by atoms with van der Waals surface area (Å²) in [6, 6.07) is 0.291. The predicted octanol–water partition coefficient (Wildman–Crippen LogP) is 3.90. The lowest BCUT2D eigenvalue weighted by atomic mass is 9.81. The molecule has 1 N–H and O–H groups in total. The van der Waals surface area contributed by atoms with E-state index in [1.807, 2.05) is 7.05 Å². The summed E-state index contributed by atoms with van der Waals surface area (Å²) in [6.45, 7) is 2.38. The minimum atomic E-state index is -4.07. The van der Waals surface area contributed by atoms with Crippen LogP contribution in [0.5, 0.6) is 0 Å². The molecule has 1 rings (SSSR count). The maximum atomic E-state index is 12.1. The Morgan fingerprint density at radius 2 is 2.00 bits per heavy atom. The van der Waals surface area contributed by atoms with Gasteiger partial charge in [-0.2, -0.15) is 13.2 Å². The molecule has 1 aliphatic rings. The molecule has 0 amide bonds. The fourth-order valence-corrected chi connectivity index (χ4v) is 2.90. The average Bonchev–Trinajstić information content (AvgIpc) is 2.34. The normalized spacial score (nSPS) is 28.6. The van der Waals surface area contributed by atoms with Crippen molar-refractivity contribution >= 4 is 0 Å². The van der Waals surface area contributed by atoms with Crippen molar-refractivity contribution in [3.05, 3.63) is 0 Å². The highest BCUT2D eigenvalue weighted by Gasteiger charge is 2.30. The lowest BCUT2D eigenvalue weighted by molar-refractivity contribution is -0.139. The van der Waals surface area contributed by atoms with Gasteiger partial charge < -0.3 is 10.1 Å². The maximum absolute atomic E-state index is 12.1. The van der Waals surface area contributed by atoms with Gasteiger partial charge >= 0.3 is 6.18 Å². The Hall–Kier alpha value is -0.290. The Bertz CT molecular complexity index is 245. The van der Waals surface area contributed by atoms with Gasteiger partial charge in [0.2, 0.25) is 0 Å². The summed E-state index contributed by atoms with van der Waals surface area (Å²) in [4.78, 5) is 0. The molecule has 19 heavy (non-hydrogen) atoms. The molecule has 114 valence electrons. The molecule has 0 aromatic heterocycles. The SMILES string of the molecule is CCCC1CCC(NC)C(OCCCC(F)(F)F)C1. The highest BCUT2D eigenvalue weighted by Crippen LogP contribution is 2.30. The largest absolute Gasteiger partial charge is 0.389 e. The van der Waals surface area contributed by atoms with Crippen LogP contribution in [0.25, 0.3) is 0 Å². The Morgan fingerprint density at radius 3 is 2.58 bits per heavy atom. The topological polar surface area (TPSA) is 21.3 Å². The van der Waals surface area contributed by atoms with Gasteiger partial charge in [-0.3, -0.25) is 0 Å². The monoisotopic (exact) mass is 281 g/mol. The van der Waals surface area contributed by atoms with Crippen LogP contribution in [0.4, 0.5) is 13.2 Å². The molecule has 3 unspecified atom stereocenters. The van der Waals surface area contributed by atoms with E-state index in [1.54, 1.807) is 0 Å². The zero-order valence-electron chi connectivity index (χ0n) is 11.9. The molecule has 0 aliphatic heterocycles. The van der Waals surface area contributed by atoms with Crippen LogP contribution in [0.2, 0.25) is 0 Å². The highest BCUT2D eigenvalue weighted by molar-refractivity contribution is 4.84. The molecule has 0 heterocycles. The number of nitrogens with one attached hydrogen (secondary N) is 1. The molecule has 5 heteroatoms. The summed E-state index contributed by atoms with van der Waals surface area (Å²) < 4.78 is 41.9. The second-order valence-corrected chi connectivity index (χ2v) is 5.49. The molecular weight excluding hydrogens is 255 g/mol. The first-order valence-electron chi connectivity index (χ1n) is 7.32. The minimum Gasteiger partial charge on any atom is -0.377 e. The van der Waals surface area contributed by atoms with Gasteiger partial charge in [0, 0.05) is 19.1 Å². The molecule has 2 nitrogen and oxygen atoms in total. The van der Waals surface area contributed by atoms with Crippen molar-refractivity contribution in [1.82, 2.24) is 5.32 Å². The summed E-state index contributed by atoms with van der Waals surface area (Å²) in [6.07, 6.45) is 0.913. The molecule has 0 spiro atoms. The molecule has 0 saturated heterocycles. The summed E-state index contributed by atoms with van der Waals surface area (Å²) >= 11 is 0. The Morgan fingerprint density at radius 1 is 1.26 bits per heavy atom. The number of likely N-dealkylation sites (N-methyl/N-ethyl adjacent to an activating group) is 1. The van der Waals surface area contributed by atoms with Crippen LogP contribution < -0.4 is 5.32 Å². The van der Waals surface area contributed by atoms with Crippen LogP contribution in [0.1, 0.15) is 51.9 Å². The third kappa shape index (κ3) is 6.61. The Kier molecular flexibility index (Phi) is 7.15. The Balaban J connectivity index is 2.30. The quantitative estimate of drug-likeness (QED) is 0.715. The fraction of sp³-hybridized carbons (Fsp3) is 1.00. The minimum absolute atomic E-state index is 0.0644. The number of rotatable bonds is 7. The van der Waals surface area contributed by atoms with Gasteiger partial charge in [0.05, 0.1) is 6.10 Å². The van der Waals surface area contributed by atoms with E-state index in [-0.39, 0.29) is 19.1 Å². The van der Waals surface area contributed by atoms with Crippen LogP contribution in [-0.4, -0.2) is 32.0 Å². The number of hydrogen-bond acceptors (Lipinski definition) is 2. The second kappa shape index (κ2) is 8.10. The van der Waals surface area contributed by atoms with Crippen molar-refractivity contribution in [3.8, 4) is 0 Å². The van der Waals surface area contributed by atoms with Gasteiger partial charge in [-0.25, -0.2) is 0 Å². The lowest BCUT2D eigenvalue weighted by Crippen LogP contribution is -2.44. The zero-order valence-corrected chi connectivity index (χ0v) is 11.9. The van der Waals surface area contributed by atoms with E-state index in [9.17, 15) is 13.2 Å². The van der Waals surface area contributed by atoms with E-state index in [2.05, 4.69) is 12.2 Å². The van der Waals surface area contributed by atoms with E-state index in [4.69, 9.17) is 4.74 Å². The molecule has 1 fully saturated rings. The number of alkyl halides is 3. The van der Waals surface area contributed by atoms with E-state index < -0.39 is 12.6 Å². The predicted molar refractivity (Wildman–Crippen MR) is 70.1 cm³/mol. The van der Waals surface area contributed by atoms with Gasteiger partial charge in [-0.1, -0.05) is 19.8 Å².